The number of benzene rings is 1. The van der Waals surface area contributed by atoms with Crippen molar-refractivity contribution in [3.8, 4) is 5.75 Å². The van der Waals surface area contributed by atoms with Crippen molar-refractivity contribution in [1.82, 2.24) is 14.7 Å². The minimum Gasteiger partial charge on any atom is -0.496 e. The summed E-state index contributed by atoms with van der Waals surface area (Å²) >= 11 is 4.44. The Morgan fingerprint density at radius 1 is 1.32 bits per heavy atom. The molecule has 4 N–H and O–H groups in total. The zero-order chi connectivity index (χ0) is 22.4. The van der Waals surface area contributed by atoms with E-state index in [9.17, 15) is 13.5 Å². The van der Waals surface area contributed by atoms with Gasteiger partial charge in [-0.2, -0.15) is 4.98 Å². The van der Waals surface area contributed by atoms with Crippen LogP contribution in [0, 0.1) is 0 Å². The maximum Gasteiger partial charge on any atom is 0.250 e. The van der Waals surface area contributed by atoms with Crippen LogP contribution in [0.2, 0.25) is 0 Å². The van der Waals surface area contributed by atoms with Crippen LogP contribution < -0.4 is 20.1 Å². The lowest BCUT2D eigenvalue weighted by molar-refractivity contribution is 0.281. The molecular weight excluding hydrogens is 506 g/mol. The van der Waals surface area contributed by atoms with E-state index in [1.54, 1.807) is 30.8 Å². The zero-order valence-electron chi connectivity index (χ0n) is 16.8. The highest BCUT2D eigenvalue weighted by atomic mass is 79.9. The lowest BCUT2D eigenvalue weighted by atomic mass is 10.2. The summed E-state index contributed by atoms with van der Waals surface area (Å²) in [6.07, 6.45) is 1.57. The first kappa shape index (κ1) is 23.4. The van der Waals surface area contributed by atoms with Crippen LogP contribution in [0.5, 0.6) is 5.75 Å². The number of ether oxygens (including phenoxy) is 1. The second-order valence-corrected chi connectivity index (χ2v) is 10.3. The van der Waals surface area contributed by atoms with E-state index in [1.807, 2.05) is 19.1 Å². The standard InChI is InChI=1S/C19H22BrN5O4S2/c1-12(10-26)23-18-15(20)9-21-19(25-18)24-14-7-17(30-11-14)31(27,28)22-8-13-5-3-4-6-16(13)29-2/h3-7,9,11-12,22,26H,8,10H2,1-2H3,(H2,21,23,24,25)/t12-/m1/s1. The fourth-order valence-electron chi connectivity index (χ4n) is 2.55. The van der Waals surface area contributed by atoms with Crippen molar-refractivity contribution in [2.24, 2.45) is 0 Å². The number of nitrogens with one attached hydrogen (secondary N) is 3. The molecule has 0 bridgehead atoms. The second-order valence-electron chi connectivity index (χ2n) is 6.53. The van der Waals surface area contributed by atoms with Crippen LogP contribution in [-0.2, 0) is 16.6 Å². The van der Waals surface area contributed by atoms with Gasteiger partial charge in [0.2, 0.25) is 16.0 Å². The van der Waals surface area contributed by atoms with E-state index in [2.05, 4.69) is 41.3 Å². The Morgan fingerprint density at radius 2 is 2.10 bits per heavy atom. The molecule has 31 heavy (non-hydrogen) atoms. The third-order valence-electron chi connectivity index (χ3n) is 4.14. The number of aliphatic hydroxyl groups excluding tert-OH is 1. The molecule has 0 fully saturated rings. The van der Waals surface area contributed by atoms with Gasteiger partial charge in [0.05, 0.1) is 23.9 Å². The Labute approximate surface area is 193 Å². The zero-order valence-corrected chi connectivity index (χ0v) is 20.0. The molecule has 0 unspecified atom stereocenters. The first-order valence-electron chi connectivity index (χ1n) is 9.19. The summed E-state index contributed by atoms with van der Waals surface area (Å²) in [6.45, 7) is 1.88. The highest BCUT2D eigenvalue weighted by molar-refractivity contribution is 9.10. The average Bonchev–Trinajstić information content (AvgIpc) is 3.24. The molecule has 0 aliphatic carbocycles. The van der Waals surface area contributed by atoms with E-state index in [-0.39, 0.29) is 23.4 Å². The van der Waals surface area contributed by atoms with Crippen LogP contribution in [0.4, 0.5) is 17.5 Å². The minimum absolute atomic E-state index is 0.0488. The summed E-state index contributed by atoms with van der Waals surface area (Å²) < 4.78 is 34.0. The molecule has 0 amide bonds. The largest absolute Gasteiger partial charge is 0.496 e. The predicted octanol–water partition coefficient (Wildman–Crippen LogP) is 3.32. The van der Waals surface area contributed by atoms with E-state index in [0.717, 1.165) is 16.9 Å². The van der Waals surface area contributed by atoms with Crippen LogP contribution >= 0.6 is 27.3 Å². The highest BCUT2D eigenvalue weighted by Gasteiger charge is 2.18. The van der Waals surface area contributed by atoms with E-state index in [0.29, 0.717) is 27.7 Å². The maximum absolute atomic E-state index is 12.7. The molecule has 0 aliphatic heterocycles. The number of hydrogen-bond acceptors (Lipinski definition) is 9. The van der Waals surface area contributed by atoms with Gasteiger partial charge in [-0.15, -0.1) is 11.3 Å². The van der Waals surface area contributed by atoms with E-state index in [4.69, 9.17) is 4.74 Å². The van der Waals surface area contributed by atoms with Crippen molar-refractivity contribution >= 4 is 54.7 Å². The number of para-hydroxylation sites is 1. The van der Waals surface area contributed by atoms with Gasteiger partial charge in [-0.1, -0.05) is 18.2 Å². The van der Waals surface area contributed by atoms with Gasteiger partial charge in [0.15, 0.2) is 0 Å². The Bertz CT molecular complexity index is 1140. The average molecular weight is 528 g/mol. The summed E-state index contributed by atoms with van der Waals surface area (Å²) in [5.41, 5.74) is 1.29. The number of hydrogen-bond donors (Lipinski definition) is 4. The first-order valence-corrected chi connectivity index (χ1v) is 12.3. The van der Waals surface area contributed by atoms with Crippen LogP contribution in [0.3, 0.4) is 0 Å². The quantitative estimate of drug-likeness (QED) is 0.316. The van der Waals surface area contributed by atoms with Gasteiger partial charge < -0.3 is 20.5 Å². The molecule has 0 aliphatic rings. The molecule has 0 saturated heterocycles. The predicted molar refractivity (Wildman–Crippen MR) is 125 cm³/mol. The molecule has 12 heteroatoms. The fourth-order valence-corrected chi connectivity index (χ4v) is 5.02. The number of thiophene rings is 1. The number of rotatable bonds is 10. The Morgan fingerprint density at radius 3 is 2.84 bits per heavy atom. The number of anilines is 3. The Hall–Kier alpha value is -2.25. The molecule has 3 aromatic rings. The molecule has 3 rings (SSSR count). The molecule has 9 nitrogen and oxygen atoms in total. The number of methoxy groups -OCH3 is 1. The SMILES string of the molecule is COc1ccccc1CNS(=O)(=O)c1cc(Nc2ncc(Br)c(N[C@H](C)CO)n2)cs1. The summed E-state index contributed by atoms with van der Waals surface area (Å²) in [4.78, 5) is 8.54. The third-order valence-corrected chi connectivity index (χ3v) is 7.56. The van der Waals surface area contributed by atoms with Crippen LogP contribution in [0.15, 0.2) is 50.6 Å². The third kappa shape index (κ3) is 6.14. The fraction of sp³-hybridized carbons (Fsp3) is 0.263. The molecule has 0 radical (unpaired) electrons. The maximum atomic E-state index is 12.7. The lowest BCUT2D eigenvalue weighted by Gasteiger charge is -2.13. The molecule has 1 atom stereocenters. The Balaban J connectivity index is 1.70. The van der Waals surface area contributed by atoms with Gasteiger partial charge in [0.25, 0.3) is 0 Å². The summed E-state index contributed by atoms with van der Waals surface area (Å²) in [7, 11) is -2.16. The monoisotopic (exact) mass is 527 g/mol. The topological polar surface area (TPSA) is 125 Å². The number of nitrogens with zero attached hydrogens (tertiary/aromatic N) is 2. The molecule has 0 saturated carbocycles. The Kier molecular flexibility index (Phi) is 7.84. The van der Waals surface area contributed by atoms with Gasteiger partial charge in [0, 0.05) is 29.7 Å². The highest BCUT2D eigenvalue weighted by Crippen LogP contribution is 2.28. The van der Waals surface area contributed by atoms with E-state index in [1.165, 1.54) is 6.07 Å². The van der Waals surface area contributed by atoms with Crippen molar-refractivity contribution < 1.29 is 18.3 Å². The van der Waals surface area contributed by atoms with Gasteiger partial charge in [0.1, 0.15) is 15.8 Å². The number of sulfonamides is 1. The molecule has 2 aromatic heterocycles. The van der Waals surface area contributed by atoms with Crippen molar-refractivity contribution in [2.75, 3.05) is 24.4 Å². The van der Waals surface area contributed by atoms with E-state index >= 15 is 0 Å². The number of aromatic nitrogens is 2. The molecule has 0 spiro atoms. The smallest absolute Gasteiger partial charge is 0.250 e. The van der Waals surface area contributed by atoms with Crippen molar-refractivity contribution in [2.45, 2.75) is 23.7 Å². The van der Waals surface area contributed by atoms with Gasteiger partial charge in [-0.3, -0.25) is 0 Å². The van der Waals surface area contributed by atoms with Gasteiger partial charge >= 0.3 is 0 Å². The summed E-state index contributed by atoms with van der Waals surface area (Å²) in [6, 6.07) is 8.55. The van der Waals surface area contributed by atoms with Crippen molar-refractivity contribution in [3.05, 3.63) is 51.9 Å². The first-order chi connectivity index (χ1) is 14.8. The summed E-state index contributed by atoms with van der Waals surface area (Å²) in [5.74, 6) is 1.42. The van der Waals surface area contributed by atoms with E-state index < -0.39 is 10.0 Å². The van der Waals surface area contributed by atoms with Crippen LogP contribution in [0.25, 0.3) is 0 Å². The molecular formula is C19H22BrN5O4S2. The van der Waals surface area contributed by atoms with Crippen LogP contribution in [-0.4, -0.2) is 43.3 Å². The van der Waals surface area contributed by atoms with Crippen LogP contribution in [0.1, 0.15) is 12.5 Å². The molecule has 2 heterocycles. The van der Waals surface area contributed by atoms with Crippen molar-refractivity contribution in [1.29, 1.82) is 0 Å². The minimum atomic E-state index is -3.70. The summed E-state index contributed by atoms with van der Waals surface area (Å²) in [5, 5.41) is 16.9. The molecule has 1 aromatic carbocycles. The number of aliphatic hydroxyl groups is 1. The normalized spacial score (nSPS) is 12.4. The lowest BCUT2D eigenvalue weighted by Crippen LogP contribution is -2.22. The molecule has 166 valence electrons. The van der Waals surface area contributed by atoms with Gasteiger partial charge in [-0.05, 0) is 35.0 Å². The number of halogens is 1. The van der Waals surface area contributed by atoms with Gasteiger partial charge in [-0.25, -0.2) is 18.1 Å². The second kappa shape index (κ2) is 10.4. The van der Waals surface area contributed by atoms with Crippen molar-refractivity contribution in [3.63, 3.8) is 0 Å².